The minimum Gasteiger partial charge on any atom is -0.493 e. The number of nitrogens with zero attached hydrogens (tertiary/aromatic N) is 5. The molecule has 9 heteroatoms. The van der Waals surface area contributed by atoms with Crippen LogP contribution < -0.4 is 9.47 Å². The van der Waals surface area contributed by atoms with Crippen LogP contribution in [-0.4, -0.2) is 39.1 Å². The summed E-state index contributed by atoms with van der Waals surface area (Å²) in [6.07, 6.45) is 5.90. The van der Waals surface area contributed by atoms with E-state index in [1.165, 1.54) is 19.3 Å². The molecule has 0 radical (unpaired) electrons. The Hall–Kier alpha value is -3.33. The van der Waals surface area contributed by atoms with E-state index in [0.717, 1.165) is 34.9 Å². The van der Waals surface area contributed by atoms with E-state index in [2.05, 4.69) is 31.8 Å². The molecular weight excluding hydrogens is 462 g/mol. The molecule has 2 aromatic heterocycles. The van der Waals surface area contributed by atoms with Crippen LogP contribution in [0.1, 0.15) is 56.2 Å². The van der Waals surface area contributed by atoms with Gasteiger partial charge >= 0.3 is 0 Å². The highest BCUT2D eigenvalue weighted by atomic mass is 32.2. The SMILES string of the molecule is COc1ccc(-c2nnc(SC(C)c3nc(-c4ccccc4)no3)n2C2CCCCC2)cc1OC. The summed E-state index contributed by atoms with van der Waals surface area (Å²) in [5, 5.41) is 14.2. The number of benzene rings is 2. The normalized spacial score (nSPS) is 15.2. The minimum atomic E-state index is -0.0789. The fraction of sp³-hybridized carbons (Fsp3) is 0.385. The number of methoxy groups -OCH3 is 2. The molecule has 0 N–H and O–H groups in total. The van der Waals surface area contributed by atoms with Gasteiger partial charge in [0.15, 0.2) is 22.5 Å². The summed E-state index contributed by atoms with van der Waals surface area (Å²) in [6.45, 7) is 2.06. The smallest absolute Gasteiger partial charge is 0.240 e. The third-order valence-electron chi connectivity index (χ3n) is 6.35. The van der Waals surface area contributed by atoms with Gasteiger partial charge in [0.25, 0.3) is 0 Å². The molecule has 1 aliphatic rings. The summed E-state index contributed by atoms with van der Waals surface area (Å²) in [7, 11) is 3.28. The van der Waals surface area contributed by atoms with E-state index < -0.39 is 0 Å². The maximum absolute atomic E-state index is 5.62. The number of hydrogen-bond donors (Lipinski definition) is 0. The Bertz CT molecular complexity index is 1270. The van der Waals surface area contributed by atoms with Crippen LogP contribution in [0.3, 0.4) is 0 Å². The first-order valence-electron chi connectivity index (χ1n) is 11.9. The molecule has 1 fully saturated rings. The highest BCUT2D eigenvalue weighted by molar-refractivity contribution is 7.99. The van der Waals surface area contributed by atoms with Crippen molar-refractivity contribution in [1.82, 2.24) is 24.9 Å². The lowest BCUT2D eigenvalue weighted by Crippen LogP contribution is -2.15. The van der Waals surface area contributed by atoms with Gasteiger partial charge in [-0.1, -0.05) is 66.5 Å². The van der Waals surface area contributed by atoms with Crippen LogP contribution in [0.2, 0.25) is 0 Å². The molecule has 0 amide bonds. The van der Waals surface area contributed by atoms with Crippen LogP contribution in [0, 0.1) is 0 Å². The predicted octanol–water partition coefficient (Wildman–Crippen LogP) is 6.37. The Balaban J connectivity index is 1.46. The summed E-state index contributed by atoms with van der Waals surface area (Å²) in [5.41, 5.74) is 1.88. The molecule has 4 aromatic rings. The summed E-state index contributed by atoms with van der Waals surface area (Å²) in [4.78, 5) is 4.64. The van der Waals surface area contributed by atoms with Gasteiger partial charge < -0.3 is 14.0 Å². The van der Waals surface area contributed by atoms with E-state index in [-0.39, 0.29) is 5.25 Å². The van der Waals surface area contributed by atoms with E-state index in [0.29, 0.717) is 29.3 Å². The molecule has 1 atom stereocenters. The van der Waals surface area contributed by atoms with Gasteiger partial charge in [-0.05, 0) is 38.0 Å². The topological polar surface area (TPSA) is 88.1 Å². The van der Waals surface area contributed by atoms with E-state index in [4.69, 9.17) is 14.0 Å². The van der Waals surface area contributed by atoms with Crippen LogP contribution in [-0.2, 0) is 0 Å². The van der Waals surface area contributed by atoms with Gasteiger partial charge in [0.1, 0.15) is 0 Å². The first-order valence-corrected chi connectivity index (χ1v) is 12.8. The maximum Gasteiger partial charge on any atom is 0.240 e. The van der Waals surface area contributed by atoms with E-state index in [1.807, 2.05) is 48.5 Å². The molecule has 1 unspecified atom stereocenters. The monoisotopic (exact) mass is 491 g/mol. The fourth-order valence-corrected chi connectivity index (χ4v) is 5.46. The Morgan fingerprint density at radius 1 is 0.943 bits per heavy atom. The van der Waals surface area contributed by atoms with Crippen molar-refractivity contribution < 1.29 is 14.0 Å². The molecule has 0 aliphatic heterocycles. The van der Waals surface area contributed by atoms with Crippen molar-refractivity contribution >= 4 is 11.8 Å². The third-order valence-corrected chi connectivity index (χ3v) is 7.39. The second kappa shape index (κ2) is 10.5. The second-order valence-corrected chi connectivity index (χ2v) is 9.93. The largest absolute Gasteiger partial charge is 0.493 e. The molecule has 0 bridgehead atoms. The Morgan fingerprint density at radius 2 is 1.71 bits per heavy atom. The number of ether oxygens (including phenoxy) is 2. The highest BCUT2D eigenvalue weighted by Gasteiger charge is 2.27. The average Bonchev–Trinajstić information content (AvgIpc) is 3.57. The van der Waals surface area contributed by atoms with Crippen molar-refractivity contribution in [3.05, 3.63) is 54.4 Å². The zero-order chi connectivity index (χ0) is 24.2. The summed E-state index contributed by atoms with van der Waals surface area (Å²) >= 11 is 1.60. The summed E-state index contributed by atoms with van der Waals surface area (Å²) < 4.78 is 18.9. The van der Waals surface area contributed by atoms with Gasteiger partial charge in [0, 0.05) is 17.2 Å². The van der Waals surface area contributed by atoms with Gasteiger partial charge in [0.2, 0.25) is 11.7 Å². The average molecular weight is 492 g/mol. The van der Waals surface area contributed by atoms with Crippen molar-refractivity contribution in [2.24, 2.45) is 0 Å². The minimum absolute atomic E-state index is 0.0789. The third kappa shape index (κ3) is 4.91. The number of thioether (sulfide) groups is 1. The molecule has 0 saturated heterocycles. The van der Waals surface area contributed by atoms with Gasteiger partial charge in [-0.15, -0.1) is 10.2 Å². The quantitative estimate of drug-likeness (QED) is 0.263. The molecule has 5 rings (SSSR count). The van der Waals surface area contributed by atoms with Crippen LogP contribution in [0.25, 0.3) is 22.8 Å². The van der Waals surface area contributed by atoms with Crippen molar-refractivity contribution in [2.45, 2.75) is 55.5 Å². The molecule has 2 aromatic carbocycles. The van der Waals surface area contributed by atoms with Crippen LogP contribution in [0.15, 0.2) is 58.2 Å². The molecule has 1 saturated carbocycles. The molecule has 2 heterocycles. The first-order chi connectivity index (χ1) is 17.2. The van der Waals surface area contributed by atoms with Gasteiger partial charge in [0.05, 0.1) is 19.5 Å². The fourth-order valence-electron chi connectivity index (χ4n) is 4.51. The second-order valence-electron chi connectivity index (χ2n) is 8.62. The zero-order valence-electron chi connectivity index (χ0n) is 20.2. The molecule has 0 spiro atoms. The van der Waals surface area contributed by atoms with Crippen molar-refractivity contribution in [3.63, 3.8) is 0 Å². The van der Waals surface area contributed by atoms with Crippen molar-refractivity contribution in [2.75, 3.05) is 14.2 Å². The van der Waals surface area contributed by atoms with Gasteiger partial charge in [-0.3, -0.25) is 4.57 Å². The summed E-state index contributed by atoms with van der Waals surface area (Å²) in [5.74, 6) is 3.36. The molecular formula is C26H29N5O3S. The van der Waals surface area contributed by atoms with Gasteiger partial charge in [-0.25, -0.2) is 0 Å². The maximum atomic E-state index is 5.62. The molecule has 1 aliphatic carbocycles. The van der Waals surface area contributed by atoms with Crippen LogP contribution in [0.5, 0.6) is 11.5 Å². The van der Waals surface area contributed by atoms with Crippen LogP contribution in [0.4, 0.5) is 0 Å². The van der Waals surface area contributed by atoms with Crippen molar-refractivity contribution in [3.8, 4) is 34.3 Å². The van der Waals surface area contributed by atoms with Gasteiger partial charge in [-0.2, -0.15) is 4.98 Å². The lowest BCUT2D eigenvalue weighted by molar-refractivity contribution is 0.338. The van der Waals surface area contributed by atoms with Crippen molar-refractivity contribution in [1.29, 1.82) is 0 Å². The predicted molar refractivity (Wildman–Crippen MR) is 135 cm³/mol. The number of hydrogen-bond acceptors (Lipinski definition) is 8. The molecule has 35 heavy (non-hydrogen) atoms. The Kier molecular flexibility index (Phi) is 7.03. The Labute approximate surface area is 209 Å². The first kappa shape index (κ1) is 23.4. The van der Waals surface area contributed by atoms with E-state index >= 15 is 0 Å². The Morgan fingerprint density at radius 3 is 2.46 bits per heavy atom. The van der Waals surface area contributed by atoms with Crippen LogP contribution >= 0.6 is 11.8 Å². The van der Waals surface area contributed by atoms with E-state index in [1.54, 1.807) is 26.0 Å². The highest BCUT2D eigenvalue weighted by Crippen LogP contribution is 2.41. The van der Waals surface area contributed by atoms with E-state index in [9.17, 15) is 0 Å². The number of rotatable bonds is 8. The zero-order valence-corrected chi connectivity index (χ0v) is 21.0. The lowest BCUT2D eigenvalue weighted by Gasteiger charge is -2.26. The molecule has 182 valence electrons. The summed E-state index contributed by atoms with van der Waals surface area (Å²) in [6, 6.07) is 16.1. The molecule has 8 nitrogen and oxygen atoms in total. The standard InChI is InChI=1S/C26H29N5O3S/c1-17(25-27-23(30-34-25)18-10-6-4-7-11-18)35-26-29-28-24(31(26)20-12-8-5-9-13-20)19-14-15-21(32-2)22(16-19)33-3/h4,6-7,10-11,14-17,20H,5,8-9,12-13H2,1-3H3. The number of aromatic nitrogens is 5. The lowest BCUT2D eigenvalue weighted by atomic mass is 9.95.